The van der Waals surface area contributed by atoms with E-state index >= 15 is 0 Å². The molecule has 0 aliphatic carbocycles. The summed E-state index contributed by atoms with van der Waals surface area (Å²) in [6.45, 7) is 0.354. The lowest BCUT2D eigenvalue weighted by atomic mass is 9.97. The normalized spacial score (nSPS) is 15.7. The van der Waals surface area contributed by atoms with Crippen LogP contribution in [0.4, 0.5) is 4.39 Å². The second-order valence-electron chi connectivity index (χ2n) is 7.78. The van der Waals surface area contributed by atoms with Crippen molar-refractivity contribution in [1.82, 2.24) is 8.87 Å². The lowest BCUT2D eigenvalue weighted by Crippen LogP contribution is -2.41. The highest BCUT2D eigenvalue weighted by Crippen LogP contribution is 2.27. The Bertz CT molecular complexity index is 1280. The summed E-state index contributed by atoms with van der Waals surface area (Å²) in [7, 11) is -2.42. The van der Waals surface area contributed by atoms with Crippen LogP contribution in [0.2, 0.25) is 0 Å². The number of fused-ring (bicyclic) bond motifs is 1. The second kappa shape index (κ2) is 8.84. The SMILES string of the molecule is COC(=O)c1cn(C(=O)C2CCN(S(=O)(=O)Cc3ccccc3F)CC2)c2ccccc12. The summed E-state index contributed by atoms with van der Waals surface area (Å²) in [5, 5.41) is 0.623. The molecule has 0 N–H and O–H groups in total. The van der Waals surface area contributed by atoms with Crippen LogP contribution in [0.25, 0.3) is 10.9 Å². The summed E-state index contributed by atoms with van der Waals surface area (Å²) in [4.78, 5) is 25.3. The highest BCUT2D eigenvalue weighted by molar-refractivity contribution is 7.88. The van der Waals surface area contributed by atoms with Crippen LogP contribution in [0, 0.1) is 11.7 Å². The third kappa shape index (κ3) is 4.18. The van der Waals surface area contributed by atoms with Crippen molar-refractivity contribution in [1.29, 1.82) is 0 Å². The van der Waals surface area contributed by atoms with Gasteiger partial charge in [-0.25, -0.2) is 21.9 Å². The number of carbonyl (C=O) groups is 2. The van der Waals surface area contributed by atoms with Crippen LogP contribution in [0.5, 0.6) is 0 Å². The molecule has 168 valence electrons. The van der Waals surface area contributed by atoms with E-state index in [1.807, 2.05) is 0 Å². The van der Waals surface area contributed by atoms with Crippen molar-refractivity contribution >= 4 is 32.8 Å². The Morgan fingerprint density at radius 3 is 2.41 bits per heavy atom. The van der Waals surface area contributed by atoms with E-state index in [0.717, 1.165) is 0 Å². The van der Waals surface area contributed by atoms with Gasteiger partial charge in [0.05, 0.1) is 23.9 Å². The predicted molar refractivity (Wildman–Crippen MR) is 117 cm³/mol. The fraction of sp³-hybridized carbons (Fsp3) is 0.304. The van der Waals surface area contributed by atoms with Crippen molar-refractivity contribution in [3.63, 3.8) is 0 Å². The number of halogens is 1. The zero-order valence-corrected chi connectivity index (χ0v) is 18.3. The molecule has 32 heavy (non-hydrogen) atoms. The summed E-state index contributed by atoms with van der Waals surface area (Å²) < 4.78 is 47.0. The molecule has 1 fully saturated rings. The monoisotopic (exact) mass is 458 g/mol. The van der Waals surface area contributed by atoms with Crippen LogP contribution in [0.1, 0.15) is 33.6 Å². The molecule has 0 amide bonds. The van der Waals surface area contributed by atoms with Crippen LogP contribution in [0.15, 0.2) is 54.7 Å². The quantitative estimate of drug-likeness (QED) is 0.547. The number of methoxy groups -OCH3 is 1. The molecular weight excluding hydrogens is 435 g/mol. The molecule has 1 aliphatic heterocycles. The van der Waals surface area contributed by atoms with Crippen molar-refractivity contribution in [2.75, 3.05) is 20.2 Å². The molecule has 0 spiro atoms. The molecule has 0 saturated carbocycles. The minimum atomic E-state index is -3.70. The highest BCUT2D eigenvalue weighted by Gasteiger charge is 2.33. The van der Waals surface area contributed by atoms with E-state index in [2.05, 4.69) is 0 Å². The molecule has 1 saturated heterocycles. The first-order chi connectivity index (χ1) is 15.3. The number of aromatic nitrogens is 1. The number of benzene rings is 2. The van der Waals surface area contributed by atoms with E-state index < -0.39 is 33.5 Å². The van der Waals surface area contributed by atoms with Crippen LogP contribution in [0.3, 0.4) is 0 Å². The zero-order valence-electron chi connectivity index (χ0n) is 17.5. The van der Waals surface area contributed by atoms with Gasteiger partial charge in [-0.05, 0) is 25.0 Å². The number of ether oxygens (including phenoxy) is 1. The largest absolute Gasteiger partial charge is 0.465 e. The number of hydrogen-bond donors (Lipinski definition) is 0. The Kier molecular flexibility index (Phi) is 6.12. The number of rotatable bonds is 5. The van der Waals surface area contributed by atoms with Crippen molar-refractivity contribution in [3.05, 3.63) is 71.7 Å². The number of piperidine rings is 1. The first-order valence-corrected chi connectivity index (χ1v) is 11.9. The third-order valence-corrected chi connectivity index (χ3v) is 7.67. The summed E-state index contributed by atoms with van der Waals surface area (Å²) in [5.41, 5.74) is 1.04. The van der Waals surface area contributed by atoms with Gasteiger partial charge in [-0.15, -0.1) is 0 Å². The molecule has 0 atom stereocenters. The van der Waals surface area contributed by atoms with Crippen molar-refractivity contribution in [2.45, 2.75) is 18.6 Å². The van der Waals surface area contributed by atoms with Gasteiger partial charge >= 0.3 is 5.97 Å². The van der Waals surface area contributed by atoms with Crippen LogP contribution >= 0.6 is 0 Å². The summed E-state index contributed by atoms with van der Waals surface area (Å²) in [6.07, 6.45) is 2.17. The molecule has 7 nitrogen and oxygen atoms in total. The standard InChI is InChI=1S/C23H23FN2O5S/c1-31-23(28)19-14-26(21-9-5-3-7-18(19)21)22(27)16-10-12-25(13-11-16)32(29,30)15-17-6-2-4-8-20(17)24/h2-9,14,16H,10-13,15H2,1H3. The second-order valence-corrected chi connectivity index (χ2v) is 9.75. The van der Waals surface area contributed by atoms with Gasteiger partial charge in [0.1, 0.15) is 5.82 Å². The first kappa shape index (κ1) is 22.2. The Morgan fingerprint density at radius 1 is 1.06 bits per heavy atom. The number of sulfonamides is 1. The van der Waals surface area contributed by atoms with E-state index in [-0.39, 0.29) is 24.6 Å². The van der Waals surface area contributed by atoms with Crippen molar-refractivity contribution < 1.29 is 27.1 Å². The van der Waals surface area contributed by atoms with Crippen molar-refractivity contribution in [2.24, 2.45) is 5.92 Å². The van der Waals surface area contributed by atoms with Gasteiger partial charge in [0.25, 0.3) is 0 Å². The average molecular weight is 459 g/mol. The minimum Gasteiger partial charge on any atom is -0.465 e. The van der Waals surface area contributed by atoms with Crippen LogP contribution in [-0.4, -0.2) is 49.4 Å². The molecule has 4 rings (SSSR count). The lowest BCUT2D eigenvalue weighted by Gasteiger charge is -2.30. The van der Waals surface area contributed by atoms with Gasteiger partial charge in [0, 0.05) is 36.2 Å². The average Bonchev–Trinajstić information content (AvgIpc) is 3.19. The van der Waals surface area contributed by atoms with Gasteiger partial charge in [-0.2, -0.15) is 0 Å². The third-order valence-electron chi connectivity index (χ3n) is 5.85. The fourth-order valence-corrected chi connectivity index (χ4v) is 5.69. The maximum atomic E-state index is 13.9. The smallest absolute Gasteiger partial charge is 0.340 e. The van der Waals surface area contributed by atoms with Gasteiger partial charge in [0.2, 0.25) is 15.9 Å². The Balaban J connectivity index is 1.50. The van der Waals surface area contributed by atoms with Gasteiger partial charge in [-0.3, -0.25) is 9.36 Å². The van der Waals surface area contributed by atoms with E-state index in [1.165, 1.54) is 40.4 Å². The summed E-state index contributed by atoms with van der Waals surface area (Å²) in [5.74, 6) is -2.08. The molecule has 2 heterocycles. The molecule has 0 bridgehead atoms. The van der Waals surface area contributed by atoms with E-state index in [4.69, 9.17) is 4.74 Å². The Hall–Kier alpha value is -3.04. The van der Waals surface area contributed by atoms with E-state index in [9.17, 15) is 22.4 Å². The zero-order chi connectivity index (χ0) is 22.9. The number of carbonyl (C=O) groups excluding carboxylic acids is 2. The number of hydrogen-bond acceptors (Lipinski definition) is 5. The molecule has 3 aromatic rings. The van der Waals surface area contributed by atoms with E-state index in [1.54, 1.807) is 30.3 Å². The fourth-order valence-electron chi connectivity index (χ4n) is 4.12. The Labute approximate surface area is 185 Å². The van der Waals surface area contributed by atoms with Gasteiger partial charge < -0.3 is 4.74 Å². The first-order valence-electron chi connectivity index (χ1n) is 10.3. The molecular formula is C23H23FN2O5S. The highest BCUT2D eigenvalue weighted by atomic mass is 32.2. The molecule has 1 aliphatic rings. The predicted octanol–water partition coefficient (Wildman–Crippen LogP) is 3.45. The minimum absolute atomic E-state index is 0.125. The number of esters is 1. The summed E-state index contributed by atoms with van der Waals surface area (Å²) in [6, 6.07) is 12.9. The topological polar surface area (TPSA) is 85.7 Å². The van der Waals surface area contributed by atoms with Crippen LogP contribution < -0.4 is 0 Å². The number of nitrogens with zero attached hydrogens (tertiary/aromatic N) is 2. The molecule has 0 radical (unpaired) electrons. The maximum Gasteiger partial charge on any atom is 0.340 e. The van der Waals surface area contributed by atoms with Crippen molar-refractivity contribution in [3.8, 4) is 0 Å². The maximum absolute atomic E-state index is 13.9. The Morgan fingerprint density at radius 2 is 1.72 bits per heavy atom. The molecule has 1 aromatic heterocycles. The van der Waals surface area contributed by atoms with Crippen LogP contribution in [-0.2, 0) is 20.5 Å². The van der Waals surface area contributed by atoms with Gasteiger partial charge in [0.15, 0.2) is 0 Å². The molecule has 9 heteroatoms. The van der Waals surface area contributed by atoms with Gasteiger partial charge in [-0.1, -0.05) is 36.4 Å². The number of para-hydroxylation sites is 1. The lowest BCUT2D eigenvalue weighted by molar-refractivity contribution is 0.0603. The summed E-state index contributed by atoms with van der Waals surface area (Å²) >= 11 is 0. The molecule has 2 aromatic carbocycles. The molecule has 0 unspecified atom stereocenters. The van der Waals surface area contributed by atoms with E-state index in [0.29, 0.717) is 29.3 Å².